The number of carbonyl (C=O) groups excluding carboxylic acids is 12. The van der Waals surface area contributed by atoms with Crippen LogP contribution in [0, 0.1) is 41.4 Å². The zero-order valence-electron chi connectivity index (χ0n) is 60.8. The highest BCUT2D eigenvalue weighted by Crippen LogP contribution is 2.26. The molecule has 5 N–H and O–H groups in total. The fourth-order valence-electron chi connectivity index (χ4n) is 11.8. The van der Waals surface area contributed by atoms with Crippen LogP contribution >= 0.6 is 0 Å². The average molecular weight is 1300 g/mol. The zero-order chi connectivity index (χ0) is 71.3. The second-order valence-electron chi connectivity index (χ2n) is 28.1. The molecule has 25 nitrogen and oxygen atoms in total. The van der Waals surface area contributed by atoms with Gasteiger partial charge in [-0.05, 0) is 114 Å². The number of carbonyl (C=O) groups is 12. The van der Waals surface area contributed by atoms with Crippen molar-refractivity contribution >= 4 is 70.9 Å². The van der Waals surface area contributed by atoms with Crippen LogP contribution in [-0.2, 0) is 57.5 Å². The van der Waals surface area contributed by atoms with Gasteiger partial charge in [0.25, 0.3) is 0 Å². The molecule has 1 fully saturated rings. The Labute approximate surface area is 551 Å². The highest BCUT2D eigenvalue weighted by Gasteiger charge is 2.46. The Bertz CT molecular complexity index is 2490. The lowest BCUT2D eigenvalue weighted by molar-refractivity contribution is -0.157. The minimum atomic E-state index is -1.66. The first-order valence-electron chi connectivity index (χ1n) is 33.6. The fourth-order valence-corrected chi connectivity index (χ4v) is 11.8. The quantitative estimate of drug-likeness (QED) is 0.109. The summed E-state index contributed by atoms with van der Waals surface area (Å²) < 4.78 is 0. The Morgan fingerprint density at radius 3 is 1.35 bits per heavy atom. The first kappa shape index (κ1) is 83.6. The molecule has 12 amide bonds. The maximum atomic E-state index is 15.3. The molecule has 1 saturated heterocycles. The predicted octanol–water partition coefficient (Wildman–Crippen LogP) is 3.73. The van der Waals surface area contributed by atoms with Crippen LogP contribution in [0.2, 0.25) is 0 Å². The number of likely N-dealkylation sites (N-methyl/N-ethyl adjacent to an activating group) is 7. The molecule has 12 atom stereocenters. The van der Waals surface area contributed by atoms with E-state index in [1.165, 1.54) is 87.7 Å². The number of hydrogen-bond donors (Lipinski definition) is 5. The molecule has 0 spiro atoms. The van der Waals surface area contributed by atoms with Gasteiger partial charge in [0.15, 0.2) is 0 Å². The van der Waals surface area contributed by atoms with Gasteiger partial charge in [0.1, 0.15) is 60.4 Å². The number of amides is 12. The van der Waals surface area contributed by atoms with E-state index >= 15 is 19.2 Å². The van der Waals surface area contributed by atoms with Crippen molar-refractivity contribution in [1.82, 2.24) is 60.5 Å². The lowest BCUT2D eigenvalue weighted by Crippen LogP contribution is -2.63. The molecule has 0 aromatic carbocycles. The number of unbranched alkanes of at least 4 members (excludes halogenated alkanes) is 1. The van der Waals surface area contributed by atoms with Crippen molar-refractivity contribution in [1.29, 1.82) is 0 Å². The summed E-state index contributed by atoms with van der Waals surface area (Å²) in [6.07, 6.45) is 0.577. The molecule has 0 bridgehead atoms. The third-order valence-electron chi connectivity index (χ3n) is 17.7. The normalized spacial score (nSPS) is 25.6. The lowest BCUT2D eigenvalue weighted by atomic mass is 9.90. The van der Waals surface area contributed by atoms with Crippen LogP contribution in [0.3, 0.4) is 0 Å². The molecule has 1 rings (SSSR count). The van der Waals surface area contributed by atoms with Gasteiger partial charge in [-0.25, -0.2) is 0 Å². The van der Waals surface area contributed by atoms with Crippen molar-refractivity contribution in [3.63, 3.8) is 0 Å². The minimum absolute atomic E-state index is 0.00293. The average Bonchev–Trinajstić information content (AvgIpc) is 0.813. The van der Waals surface area contributed by atoms with E-state index in [1.807, 2.05) is 69.2 Å². The first-order chi connectivity index (χ1) is 42.6. The summed E-state index contributed by atoms with van der Waals surface area (Å²) in [6.45, 7) is 32.4. The summed E-state index contributed by atoms with van der Waals surface area (Å²) in [7, 11) is 9.88. The number of hydrogen-bond acceptors (Lipinski definition) is 13. The van der Waals surface area contributed by atoms with E-state index < -0.39 is 156 Å². The third-order valence-corrected chi connectivity index (χ3v) is 17.7. The van der Waals surface area contributed by atoms with Crippen LogP contribution in [0.5, 0.6) is 0 Å². The molecule has 0 aliphatic carbocycles. The highest BCUT2D eigenvalue weighted by atomic mass is 16.3. The van der Waals surface area contributed by atoms with Gasteiger partial charge in [-0.1, -0.05) is 103 Å². The Kier molecular flexibility index (Phi) is 35.2. The van der Waals surface area contributed by atoms with Crippen molar-refractivity contribution in [2.24, 2.45) is 41.4 Å². The highest BCUT2D eigenvalue weighted by molar-refractivity contribution is 5.99. The molecule has 0 aromatic rings. The van der Waals surface area contributed by atoms with Crippen molar-refractivity contribution in [2.75, 3.05) is 69.0 Å². The largest absolute Gasteiger partial charge is 0.390 e. The number of nitrogens with zero attached hydrogens (tertiary/aromatic N) is 8. The van der Waals surface area contributed by atoms with Crippen molar-refractivity contribution in [3.8, 4) is 0 Å². The van der Waals surface area contributed by atoms with Crippen molar-refractivity contribution in [3.05, 3.63) is 0 Å². The molecule has 1 aliphatic rings. The summed E-state index contributed by atoms with van der Waals surface area (Å²) in [5, 5.41) is 23.4. The molecule has 92 heavy (non-hydrogen) atoms. The molecule has 3 unspecified atom stereocenters. The van der Waals surface area contributed by atoms with Gasteiger partial charge >= 0.3 is 0 Å². The predicted molar refractivity (Wildman–Crippen MR) is 355 cm³/mol. The van der Waals surface area contributed by atoms with E-state index in [-0.39, 0.29) is 68.1 Å². The maximum Gasteiger partial charge on any atom is 0.246 e. The van der Waals surface area contributed by atoms with Crippen LogP contribution < -0.4 is 21.3 Å². The summed E-state index contributed by atoms with van der Waals surface area (Å²) in [4.78, 5) is 184. The first-order valence-corrected chi connectivity index (χ1v) is 33.6. The summed E-state index contributed by atoms with van der Waals surface area (Å²) >= 11 is 0. The number of nitrogens with one attached hydrogen (secondary N) is 4. The van der Waals surface area contributed by atoms with Crippen LogP contribution in [0.25, 0.3) is 0 Å². The van der Waals surface area contributed by atoms with Crippen molar-refractivity contribution < 1.29 is 62.6 Å². The Balaban J connectivity index is 4.34. The molecular formula is C67H122N12O13. The van der Waals surface area contributed by atoms with Gasteiger partial charge < -0.3 is 65.6 Å². The van der Waals surface area contributed by atoms with E-state index in [0.29, 0.717) is 32.4 Å². The SMILES string of the molecule is CC[C@@H]1NC(=O)C(C(O)C(C)CCCCC(=O)N(CC)CC)N(C)C(=O)[C@H](C(C)C)N(C)C(=O)[C@H](CC(C)C)N(C)C(=O)[C@H](CC(C)C)N(C)C(=O)[C@@H](C)NC(=O)[C@H](C)NC(=O)[C@H](CC(C)C)N(C)C(=O)[C@H](C(C)C)NC(=O)[C@H](CC(C)C)N(C)C(=O)CN(C)C1=O. The van der Waals surface area contributed by atoms with Gasteiger partial charge in [0.2, 0.25) is 70.9 Å². The van der Waals surface area contributed by atoms with E-state index in [2.05, 4.69) is 21.3 Å². The summed E-state index contributed by atoms with van der Waals surface area (Å²) in [5.41, 5.74) is 0. The van der Waals surface area contributed by atoms with Gasteiger partial charge in [-0.3, -0.25) is 57.5 Å². The van der Waals surface area contributed by atoms with E-state index in [9.17, 15) is 43.5 Å². The molecule has 1 heterocycles. The van der Waals surface area contributed by atoms with E-state index in [1.54, 1.807) is 46.4 Å². The molecule has 25 heteroatoms. The van der Waals surface area contributed by atoms with Crippen LogP contribution in [-0.4, -0.2) is 251 Å². The lowest BCUT2D eigenvalue weighted by Gasteiger charge is -2.41. The summed E-state index contributed by atoms with van der Waals surface area (Å²) in [5.74, 6) is -10.0. The van der Waals surface area contributed by atoms with Gasteiger partial charge in [0.05, 0.1) is 12.6 Å². The van der Waals surface area contributed by atoms with Gasteiger partial charge in [-0.15, -0.1) is 0 Å². The second kappa shape index (κ2) is 38.7. The third kappa shape index (κ3) is 23.9. The van der Waals surface area contributed by atoms with E-state index in [0.717, 1.165) is 9.80 Å². The molecule has 1 aliphatic heterocycles. The molecule has 0 radical (unpaired) electrons. The molecule has 528 valence electrons. The minimum Gasteiger partial charge on any atom is -0.390 e. The second-order valence-corrected chi connectivity index (χ2v) is 28.1. The Hall–Kier alpha value is -6.40. The number of aliphatic hydroxyl groups excluding tert-OH is 1. The zero-order valence-corrected chi connectivity index (χ0v) is 60.8. The monoisotopic (exact) mass is 1300 g/mol. The smallest absolute Gasteiger partial charge is 0.246 e. The maximum absolute atomic E-state index is 15.3. The Morgan fingerprint density at radius 2 is 0.891 bits per heavy atom. The Morgan fingerprint density at radius 1 is 0.467 bits per heavy atom. The van der Waals surface area contributed by atoms with Crippen molar-refractivity contribution in [2.45, 2.75) is 249 Å². The topological polar surface area (TPSA) is 299 Å². The molecule has 0 aromatic heterocycles. The number of rotatable bonds is 20. The fraction of sp³-hybridized carbons (Fsp3) is 0.821. The molecular weight excluding hydrogens is 1180 g/mol. The van der Waals surface area contributed by atoms with Gasteiger partial charge in [0, 0.05) is 68.8 Å². The van der Waals surface area contributed by atoms with E-state index in [4.69, 9.17) is 0 Å². The van der Waals surface area contributed by atoms with Crippen LogP contribution in [0.1, 0.15) is 182 Å². The van der Waals surface area contributed by atoms with Crippen LogP contribution in [0.15, 0.2) is 0 Å². The van der Waals surface area contributed by atoms with Gasteiger partial charge in [-0.2, -0.15) is 0 Å². The van der Waals surface area contributed by atoms with Crippen LogP contribution in [0.4, 0.5) is 0 Å². The molecule has 0 saturated carbocycles. The standard InChI is InChI=1S/C67H122N12O13/c1-26-47-63(88)72(19)37-53(81)73(20)48(33-38(4)5)60(85)71-54(42(12)13)66(91)74(21)49(34-39(6)7)59(84)68-45(17)58(83)69-46(18)62(87)75(22)50(35-40(8)9)64(89)76(23)51(36-41(10)11)65(90)77(24)55(43(14)15)67(92)78(25)56(61(86)70-47)57(82)44(16)31-29-30-32-52(80)79(27-2)28-3/h38-51,54-57,82H,26-37H2,1-25H3,(H,68,84)(H,69,83)(H,70,86)(H,71,85)/t44?,45-,46+,47-,48-,49-,50-,51-,54-,55-,56?,57?/m0/s1. The summed E-state index contributed by atoms with van der Waals surface area (Å²) in [6, 6.07) is -12.6. The number of aliphatic hydroxyl groups is 1.